The first-order valence-electron chi connectivity index (χ1n) is 15.1. The van der Waals surface area contributed by atoms with Crippen molar-refractivity contribution in [3.63, 3.8) is 0 Å². The molecule has 0 aromatic heterocycles. The summed E-state index contributed by atoms with van der Waals surface area (Å²) in [6.45, 7) is 20.0. The average Bonchev–Trinajstić information content (AvgIpc) is 3.11. The van der Waals surface area contributed by atoms with E-state index in [0.29, 0.717) is 10.6 Å². The first-order chi connectivity index (χ1) is 20.5. The Morgan fingerprint density at radius 2 is 0.738 bits per heavy atom. The Morgan fingerprint density at radius 1 is 0.429 bits per heavy atom. The lowest BCUT2D eigenvalue weighted by atomic mass is 10.1. The Balaban J connectivity index is -0.000000561. The minimum Gasteiger partial charge on any atom is -0.497 e. The van der Waals surface area contributed by atoms with Gasteiger partial charge in [0.15, 0.2) is 0 Å². The van der Waals surface area contributed by atoms with Crippen LogP contribution >= 0.6 is 0 Å². The normalized spacial score (nSPS) is 8.76. The van der Waals surface area contributed by atoms with E-state index in [1.807, 2.05) is 87.4 Å². The molecule has 0 spiro atoms. The lowest BCUT2D eigenvalue weighted by molar-refractivity contribution is 0.414. The summed E-state index contributed by atoms with van der Waals surface area (Å²) in [6, 6.07) is 33.4. The minimum atomic E-state index is -3.42. The Morgan fingerprint density at radius 3 is 1.12 bits per heavy atom. The van der Waals surface area contributed by atoms with Crippen LogP contribution in [0.4, 0.5) is 0 Å². The summed E-state index contributed by atoms with van der Waals surface area (Å²) in [5.74, 6) is 1.55. The third-order valence-corrected chi connectivity index (χ3v) is 6.62. The van der Waals surface area contributed by atoms with Gasteiger partial charge in [-0.25, -0.2) is 8.42 Å². The lowest BCUT2D eigenvalue weighted by Crippen LogP contribution is -2.01. The maximum atomic E-state index is 12.2. The zero-order valence-electron chi connectivity index (χ0n) is 28.1. The zero-order valence-corrected chi connectivity index (χ0v) is 29.0. The van der Waals surface area contributed by atoms with Crippen molar-refractivity contribution in [2.45, 2.75) is 85.4 Å². The molecule has 0 atom stereocenters. The Labute approximate surface area is 258 Å². The standard InChI is InChI=1S/C14H14O.C13H12O3S.5C2H6/c1-15-14-9-7-13(8-10-14)11-12-5-3-2-4-6-12;1-16-11-7-9-13(10-8-11)17(14,15)12-5-3-2-4-6-12;5*1-2/h2-10H,11H2,1H3;2-10H,1H3;5*1-2H3. The van der Waals surface area contributed by atoms with Crippen molar-refractivity contribution in [3.05, 3.63) is 120 Å². The molecule has 234 valence electrons. The Bertz CT molecular complexity index is 1190. The molecule has 0 N–H and O–H groups in total. The van der Waals surface area contributed by atoms with Crippen molar-refractivity contribution < 1.29 is 17.9 Å². The van der Waals surface area contributed by atoms with E-state index >= 15 is 0 Å². The number of hydrogen-bond donors (Lipinski definition) is 0. The van der Waals surface area contributed by atoms with Gasteiger partial charge in [-0.05, 0) is 66.1 Å². The van der Waals surface area contributed by atoms with Gasteiger partial charge in [0.2, 0.25) is 9.84 Å². The van der Waals surface area contributed by atoms with Crippen molar-refractivity contribution in [1.29, 1.82) is 0 Å². The van der Waals surface area contributed by atoms with Gasteiger partial charge in [-0.2, -0.15) is 0 Å². The molecule has 5 heteroatoms. The van der Waals surface area contributed by atoms with Gasteiger partial charge in [0.1, 0.15) is 11.5 Å². The van der Waals surface area contributed by atoms with Gasteiger partial charge in [-0.15, -0.1) is 0 Å². The quantitative estimate of drug-likeness (QED) is 0.222. The second kappa shape index (κ2) is 28.9. The van der Waals surface area contributed by atoms with Gasteiger partial charge in [-0.3, -0.25) is 0 Å². The number of methoxy groups -OCH3 is 2. The summed E-state index contributed by atoms with van der Waals surface area (Å²) in [5, 5.41) is 0. The summed E-state index contributed by atoms with van der Waals surface area (Å²) in [7, 11) is -0.190. The third-order valence-electron chi connectivity index (χ3n) is 4.83. The van der Waals surface area contributed by atoms with Gasteiger partial charge in [-0.1, -0.05) is 130 Å². The van der Waals surface area contributed by atoms with E-state index in [1.165, 1.54) is 11.1 Å². The maximum Gasteiger partial charge on any atom is 0.206 e. The van der Waals surface area contributed by atoms with Crippen LogP contribution in [0.1, 0.15) is 80.4 Å². The van der Waals surface area contributed by atoms with E-state index in [9.17, 15) is 8.42 Å². The highest BCUT2D eigenvalue weighted by Crippen LogP contribution is 2.22. The van der Waals surface area contributed by atoms with E-state index in [0.717, 1.165) is 12.2 Å². The summed E-state index contributed by atoms with van der Waals surface area (Å²) in [5.41, 5.74) is 2.64. The van der Waals surface area contributed by atoms with Gasteiger partial charge < -0.3 is 9.47 Å². The zero-order chi connectivity index (χ0) is 32.8. The lowest BCUT2D eigenvalue weighted by Gasteiger charge is -2.05. The summed E-state index contributed by atoms with van der Waals surface area (Å²) in [6.07, 6.45) is 0.977. The SMILES string of the molecule is CC.CC.CC.CC.CC.COc1ccc(Cc2ccccc2)cc1.COc1ccc(S(=O)(=O)c2ccccc2)cc1. The van der Waals surface area contributed by atoms with Gasteiger partial charge in [0.25, 0.3) is 0 Å². The molecule has 0 saturated carbocycles. The van der Waals surface area contributed by atoms with Crippen LogP contribution in [0.15, 0.2) is 119 Å². The predicted molar refractivity (Wildman–Crippen MR) is 184 cm³/mol. The number of hydrogen-bond acceptors (Lipinski definition) is 4. The molecule has 4 nitrogen and oxygen atoms in total. The summed E-state index contributed by atoms with van der Waals surface area (Å²) in [4.78, 5) is 0.565. The second-order valence-electron chi connectivity index (χ2n) is 7.00. The van der Waals surface area contributed by atoms with Crippen LogP contribution in [0.25, 0.3) is 0 Å². The molecule has 0 bridgehead atoms. The highest BCUT2D eigenvalue weighted by atomic mass is 32.2. The molecule has 0 saturated heterocycles. The molecule has 4 rings (SSSR count). The molecular weight excluding hydrogens is 540 g/mol. The van der Waals surface area contributed by atoms with E-state index in [1.54, 1.807) is 68.8 Å². The Kier molecular flexibility index (Phi) is 29.6. The number of benzene rings is 4. The largest absolute Gasteiger partial charge is 0.497 e. The Hall–Kier alpha value is -3.57. The predicted octanol–water partition coefficient (Wildman–Crippen LogP) is 10.9. The van der Waals surface area contributed by atoms with Crippen molar-refractivity contribution in [3.8, 4) is 11.5 Å². The fourth-order valence-electron chi connectivity index (χ4n) is 3.07. The summed E-state index contributed by atoms with van der Waals surface area (Å²) >= 11 is 0. The van der Waals surface area contributed by atoms with Crippen molar-refractivity contribution >= 4 is 9.84 Å². The molecular formula is C37H56O4S. The van der Waals surface area contributed by atoms with E-state index in [2.05, 4.69) is 36.4 Å². The topological polar surface area (TPSA) is 52.6 Å². The smallest absolute Gasteiger partial charge is 0.206 e. The molecule has 0 fully saturated rings. The summed E-state index contributed by atoms with van der Waals surface area (Å²) < 4.78 is 34.5. The fourth-order valence-corrected chi connectivity index (χ4v) is 4.35. The van der Waals surface area contributed by atoms with Crippen molar-refractivity contribution in [1.82, 2.24) is 0 Å². The molecule has 42 heavy (non-hydrogen) atoms. The van der Waals surface area contributed by atoms with Crippen molar-refractivity contribution in [2.24, 2.45) is 0 Å². The van der Waals surface area contributed by atoms with Crippen LogP contribution in [0.3, 0.4) is 0 Å². The molecule has 0 aliphatic carbocycles. The van der Waals surface area contributed by atoms with Crippen LogP contribution in [-0.2, 0) is 16.3 Å². The van der Waals surface area contributed by atoms with Crippen LogP contribution in [0.5, 0.6) is 11.5 Å². The van der Waals surface area contributed by atoms with Crippen molar-refractivity contribution in [2.75, 3.05) is 14.2 Å². The number of sulfone groups is 1. The van der Waals surface area contributed by atoms with Gasteiger partial charge >= 0.3 is 0 Å². The molecule has 0 amide bonds. The molecule has 0 unspecified atom stereocenters. The highest BCUT2D eigenvalue weighted by Gasteiger charge is 2.16. The van der Waals surface area contributed by atoms with Crippen LogP contribution in [0, 0.1) is 0 Å². The van der Waals surface area contributed by atoms with E-state index in [-0.39, 0.29) is 4.90 Å². The van der Waals surface area contributed by atoms with Gasteiger partial charge in [0, 0.05) is 0 Å². The first kappa shape index (κ1) is 42.9. The molecule has 0 radical (unpaired) electrons. The molecule has 0 heterocycles. The second-order valence-corrected chi connectivity index (χ2v) is 8.95. The first-order valence-corrected chi connectivity index (χ1v) is 16.6. The monoisotopic (exact) mass is 596 g/mol. The third kappa shape index (κ3) is 16.6. The fraction of sp³-hybridized carbons (Fsp3) is 0.351. The highest BCUT2D eigenvalue weighted by molar-refractivity contribution is 7.91. The average molecular weight is 597 g/mol. The number of ether oxygens (including phenoxy) is 2. The van der Waals surface area contributed by atoms with E-state index < -0.39 is 9.84 Å². The maximum absolute atomic E-state index is 12.2. The molecule has 4 aromatic carbocycles. The molecule has 0 aliphatic heterocycles. The van der Waals surface area contributed by atoms with Crippen LogP contribution < -0.4 is 9.47 Å². The van der Waals surface area contributed by atoms with Gasteiger partial charge in [0.05, 0.1) is 24.0 Å². The minimum absolute atomic E-state index is 0.268. The molecule has 4 aromatic rings. The molecule has 0 aliphatic rings. The van der Waals surface area contributed by atoms with E-state index in [4.69, 9.17) is 9.47 Å². The van der Waals surface area contributed by atoms with Crippen LogP contribution in [0.2, 0.25) is 0 Å². The van der Waals surface area contributed by atoms with Crippen LogP contribution in [-0.4, -0.2) is 22.6 Å². The number of rotatable bonds is 6.